The molecular formula is C57H105NO5. The summed E-state index contributed by atoms with van der Waals surface area (Å²) in [6.45, 7) is 4.83. The standard InChI is InChI=1S/C57H105NO5/c1-3-5-7-9-11-13-15-17-19-20-21-22-23-27-31-35-39-43-47-51-57(62)63-52-48-44-40-36-32-28-24-26-30-34-38-42-46-50-56(61)58-54(53-59)55(60)49-45-41-37-33-29-25-18-16-14-12-10-8-6-4-2/h17,19,26,30,38,42,45,49,54-55,59-60H,3-16,18,20-25,27-29,31-37,39-41,43-44,46-48,50-53H2,1-2H3,(H,58,61)/b19-17-,30-26-,42-38-,49-45+. The van der Waals surface area contributed by atoms with Crippen LogP contribution in [0.1, 0.15) is 277 Å². The average Bonchev–Trinajstić information content (AvgIpc) is 3.28. The van der Waals surface area contributed by atoms with E-state index in [0.29, 0.717) is 25.9 Å². The van der Waals surface area contributed by atoms with Gasteiger partial charge >= 0.3 is 5.97 Å². The van der Waals surface area contributed by atoms with Crippen LogP contribution in [-0.2, 0) is 14.3 Å². The van der Waals surface area contributed by atoms with E-state index in [1.807, 2.05) is 12.2 Å². The van der Waals surface area contributed by atoms with E-state index in [4.69, 9.17) is 4.74 Å². The molecule has 2 unspecified atom stereocenters. The lowest BCUT2D eigenvalue weighted by atomic mass is 10.0. The molecule has 3 N–H and O–H groups in total. The summed E-state index contributed by atoms with van der Waals surface area (Å²) in [5, 5.41) is 23.0. The van der Waals surface area contributed by atoms with Crippen LogP contribution in [0, 0.1) is 0 Å². The third kappa shape index (κ3) is 49.1. The second kappa shape index (κ2) is 52.4. The predicted octanol–water partition coefficient (Wildman–Crippen LogP) is 16.6. The molecule has 0 aromatic rings. The van der Waals surface area contributed by atoms with Crippen molar-refractivity contribution < 1.29 is 24.5 Å². The number of nitrogens with one attached hydrogen (secondary N) is 1. The van der Waals surface area contributed by atoms with Gasteiger partial charge in [-0.15, -0.1) is 0 Å². The molecule has 0 aromatic heterocycles. The van der Waals surface area contributed by atoms with Crippen molar-refractivity contribution in [2.75, 3.05) is 13.2 Å². The number of hydrogen-bond acceptors (Lipinski definition) is 5. The molecule has 63 heavy (non-hydrogen) atoms. The fourth-order valence-electron chi connectivity index (χ4n) is 8.09. The number of aliphatic hydroxyl groups is 2. The van der Waals surface area contributed by atoms with E-state index >= 15 is 0 Å². The molecular weight excluding hydrogens is 779 g/mol. The summed E-state index contributed by atoms with van der Waals surface area (Å²) in [5.74, 6) is -0.169. The molecule has 0 heterocycles. The van der Waals surface area contributed by atoms with Gasteiger partial charge in [0, 0.05) is 12.8 Å². The third-order valence-electron chi connectivity index (χ3n) is 12.3. The number of carbonyl (C=O) groups excluding carboxylic acids is 2. The average molecular weight is 884 g/mol. The van der Waals surface area contributed by atoms with Crippen LogP contribution in [-0.4, -0.2) is 47.4 Å². The number of unbranched alkanes of at least 4 members (excludes halogenated alkanes) is 33. The number of esters is 1. The first-order chi connectivity index (χ1) is 31.0. The Hall–Kier alpha value is -2.18. The first-order valence-electron chi connectivity index (χ1n) is 27.4. The number of aliphatic hydroxyl groups excluding tert-OH is 2. The molecule has 0 aliphatic heterocycles. The third-order valence-corrected chi connectivity index (χ3v) is 12.3. The van der Waals surface area contributed by atoms with Crippen LogP contribution >= 0.6 is 0 Å². The smallest absolute Gasteiger partial charge is 0.305 e. The molecule has 0 saturated heterocycles. The lowest BCUT2D eigenvalue weighted by Crippen LogP contribution is -2.45. The molecule has 0 radical (unpaired) electrons. The van der Waals surface area contributed by atoms with Gasteiger partial charge in [0.15, 0.2) is 0 Å². The monoisotopic (exact) mass is 884 g/mol. The number of carbonyl (C=O) groups is 2. The van der Waals surface area contributed by atoms with Gasteiger partial charge in [-0.05, 0) is 77.0 Å². The second-order valence-electron chi connectivity index (χ2n) is 18.5. The number of amides is 1. The Morgan fingerprint density at radius 1 is 0.444 bits per heavy atom. The molecule has 6 nitrogen and oxygen atoms in total. The van der Waals surface area contributed by atoms with Crippen LogP contribution in [0.3, 0.4) is 0 Å². The maximum atomic E-state index is 12.4. The fourth-order valence-corrected chi connectivity index (χ4v) is 8.09. The molecule has 0 spiro atoms. The SMILES string of the molecule is CCCCCCCC/C=C\CCCCCCCCCCCC(=O)OCCCCCCCC/C=C\C/C=C\CCC(=O)NC(CO)C(O)/C=C/CCCCCCCCCCCCCC. The minimum atomic E-state index is -0.879. The molecule has 0 aliphatic rings. The van der Waals surface area contributed by atoms with Gasteiger partial charge in [0.05, 0.1) is 25.4 Å². The first kappa shape index (κ1) is 60.8. The normalized spacial score (nSPS) is 13.0. The van der Waals surface area contributed by atoms with Crippen molar-refractivity contribution in [1.29, 1.82) is 0 Å². The molecule has 0 rings (SSSR count). The number of allylic oxidation sites excluding steroid dienone is 7. The quantitative estimate of drug-likeness (QED) is 0.0321. The minimum Gasteiger partial charge on any atom is -0.466 e. The van der Waals surface area contributed by atoms with Crippen molar-refractivity contribution in [3.05, 3.63) is 48.6 Å². The molecule has 0 fully saturated rings. The van der Waals surface area contributed by atoms with Gasteiger partial charge in [-0.3, -0.25) is 9.59 Å². The summed E-state index contributed by atoms with van der Waals surface area (Å²) < 4.78 is 5.47. The summed E-state index contributed by atoms with van der Waals surface area (Å²) in [6.07, 6.45) is 65.6. The largest absolute Gasteiger partial charge is 0.466 e. The lowest BCUT2D eigenvalue weighted by molar-refractivity contribution is -0.143. The van der Waals surface area contributed by atoms with Crippen LogP contribution in [0.15, 0.2) is 48.6 Å². The maximum absolute atomic E-state index is 12.4. The molecule has 0 bridgehead atoms. The van der Waals surface area contributed by atoms with E-state index < -0.39 is 12.1 Å². The van der Waals surface area contributed by atoms with Gasteiger partial charge in [-0.2, -0.15) is 0 Å². The highest BCUT2D eigenvalue weighted by molar-refractivity contribution is 5.76. The van der Waals surface area contributed by atoms with E-state index in [1.54, 1.807) is 6.08 Å². The highest BCUT2D eigenvalue weighted by atomic mass is 16.5. The molecule has 368 valence electrons. The highest BCUT2D eigenvalue weighted by Gasteiger charge is 2.17. The summed E-state index contributed by atoms with van der Waals surface area (Å²) in [5.41, 5.74) is 0. The Morgan fingerprint density at radius 3 is 1.25 bits per heavy atom. The van der Waals surface area contributed by atoms with Crippen LogP contribution < -0.4 is 5.32 Å². The van der Waals surface area contributed by atoms with Crippen molar-refractivity contribution >= 4 is 11.9 Å². The first-order valence-corrected chi connectivity index (χ1v) is 27.4. The van der Waals surface area contributed by atoms with Crippen molar-refractivity contribution in [2.45, 2.75) is 289 Å². The summed E-state index contributed by atoms with van der Waals surface area (Å²) in [6, 6.07) is -0.672. The van der Waals surface area contributed by atoms with E-state index in [-0.39, 0.29) is 18.5 Å². The Morgan fingerprint density at radius 2 is 0.810 bits per heavy atom. The van der Waals surface area contributed by atoms with E-state index in [9.17, 15) is 19.8 Å². The van der Waals surface area contributed by atoms with E-state index in [1.165, 1.54) is 193 Å². The van der Waals surface area contributed by atoms with E-state index in [2.05, 4.69) is 49.5 Å². The number of rotatable bonds is 50. The molecule has 2 atom stereocenters. The van der Waals surface area contributed by atoms with Crippen LogP contribution in [0.5, 0.6) is 0 Å². The Balaban J connectivity index is 3.55. The number of ether oxygens (including phenoxy) is 1. The topological polar surface area (TPSA) is 95.9 Å². The highest BCUT2D eigenvalue weighted by Crippen LogP contribution is 2.15. The van der Waals surface area contributed by atoms with Crippen LogP contribution in [0.25, 0.3) is 0 Å². The predicted molar refractivity (Wildman–Crippen MR) is 273 cm³/mol. The molecule has 6 heteroatoms. The molecule has 0 saturated carbocycles. The van der Waals surface area contributed by atoms with Gasteiger partial charge in [0.1, 0.15) is 0 Å². The van der Waals surface area contributed by atoms with Crippen molar-refractivity contribution in [1.82, 2.24) is 5.32 Å². The van der Waals surface area contributed by atoms with E-state index in [0.717, 1.165) is 51.4 Å². The Bertz CT molecular complexity index is 1070. The van der Waals surface area contributed by atoms with Crippen molar-refractivity contribution in [3.8, 4) is 0 Å². The Kier molecular flexibility index (Phi) is 50.6. The summed E-state index contributed by atoms with van der Waals surface area (Å²) >= 11 is 0. The minimum absolute atomic E-state index is 0.0196. The van der Waals surface area contributed by atoms with Crippen LogP contribution in [0.4, 0.5) is 0 Å². The zero-order chi connectivity index (χ0) is 45.8. The lowest BCUT2D eigenvalue weighted by Gasteiger charge is -2.19. The van der Waals surface area contributed by atoms with Crippen molar-refractivity contribution in [3.63, 3.8) is 0 Å². The van der Waals surface area contributed by atoms with Gasteiger partial charge in [0.25, 0.3) is 0 Å². The second-order valence-corrected chi connectivity index (χ2v) is 18.5. The summed E-state index contributed by atoms with van der Waals surface area (Å²) in [7, 11) is 0. The molecule has 1 amide bonds. The molecule has 0 aliphatic carbocycles. The number of hydrogen-bond donors (Lipinski definition) is 3. The molecule has 0 aromatic carbocycles. The summed E-state index contributed by atoms with van der Waals surface area (Å²) in [4.78, 5) is 24.5. The zero-order valence-electron chi connectivity index (χ0n) is 41.8. The van der Waals surface area contributed by atoms with Crippen molar-refractivity contribution in [2.24, 2.45) is 0 Å². The maximum Gasteiger partial charge on any atom is 0.305 e. The van der Waals surface area contributed by atoms with Gasteiger partial charge in [-0.1, -0.05) is 236 Å². The fraction of sp³-hybridized carbons (Fsp3) is 0.825. The van der Waals surface area contributed by atoms with Crippen LogP contribution in [0.2, 0.25) is 0 Å². The zero-order valence-corrected chi connectivity index (χ0v) is 41.8. The van der Waals surface area contributed by atoms with Gasteiger partial charge < -0.3 is 20.3 Å². The Labute approximate surface area is 391 Å². The van der Waals surface area contributed by atoms with Gasteiger partial charge in [-0.25, -0.2) is 0 Å². The van der Waals surface area contributed by atoms with Gasteiger partial charge in [0.2, 0.25) is 5.91 Å².